The molecule has 1 atom stereocenters. The van der Waals surface area contributed by atoms with E-state index in [-0.39, 0.29) is 24.6 Å². The fourth-order valence-corrected chi connectivity index (χ4v) is 3.43. The molecule has 28 heavy (non-hydrogen) atoms. The summed E-state index contributed by atoms with van der Waals surface area (Å²) in [5.41, 5.74) is 1.24. The molecule has 1 aromatic carbocycles. The molecule has 2 N–H and O–H groups in total. The van der Waals surface area contributed by atoms with E-state index in [0.717, 1.165) is 19.4 Å². The molecule has 146 valence electrons. The van der Waals surface area contributed by atoms with Crippen LogP contribution in [-0.4, -0.2) is 54.7 Å². The van der Waals surface area contributed by atoms with Crippen LogP contribution in [0.25, 0.3) is 0 Å². The Morgan fingerprint density at radius 3 is 2.93 bits per heavy atom. The number of benzene rings is 1. The Hall–Kier alpha value is -3.36. The number of fused-ring (bicyclic) bond motifs is 1. The molecule has 3 heterocycles. The van der Waals surface area contributed by atoms with Gasteiger partial charge < -0.3 is 25.2 Å². The number of carbonyl (C=O) groups is 2. The van der Waals surface area contributed by atoms with Gasteiger partial charge in [-0.25, -0.2) is 14.8 Å². The van der Waals surface area contributed by atoms with Crippen LogP contribution < -0.4 is 25.2 Å². The van der Waals surface area contributed by atoms with Crippen molar-refractivity contribution >= 4 is 29.3 Å². The molecular weight excluding hydrogens is 360 g/mol. The SMILES string of the molecule is CN1C(=O)COc2ccc(NC(=O)N[C@@H]3CCCN(c4ncccn4)C3)cc21. The maximum Gasteiger partial charge on any atom is 0.319 e. The van der Waals surface area contributed by atoms with E-state index in [1.54, 1.807) is 43.7 Å². The summed E-state index contributed by atoms with van der Waals surface area (Å²) in [5, 5.41) is 5.84. The lowest BCUT2D eigenvalue weighted by Crippen LogP contribution is -2.49. The lowest BCUT2D eigenvalue weighted by Gasteiger charge is -2.33. The highest BCUT2D eigenvalue weighted by atomic mass is 16.5. The second kappa shape index (κ2) is 7.71. The number of aromatic nitrogens is 2. The van der Waals surface area contributed by atoms with Crippen LogP contribution in [0.2, 0.25) is 0 Å². The van der Waals surface area contributed by atoms with E-state index in [2.05, 4.69) is 25.5 Å². The third kappa shape index (κ3) is 3.83. The standard InChI is InChI=1S/C19H22N6O3/c1-24-15-10-13(5-6-16(15)28-12-17(24)26)22-19(27)23-14-4-2-9-25(11-14)18-20-7-3-8-21-18/h3,5-8,10,14H,2,4,9,11-12H2,1H3,(H2,22,23,27)/t14-/m1/s1. The van der Waals surface area contributed by atoms with Crippen molar-refractivity contribution in [3.8, 4) is 5.75 Å². The Balaban J connectivity index is 1.37. The zero-order chi connectivity index (χ0) is 19.5. The van der Waals surface area contributed by atoms with Gasteiger partial charge in [-0.1, -0.05) is 0 Å². The number of piperidine rings is 1. The number of hydrogen-bond acceptors (Lipinski definition) is 6. The van der Waals surface area contributed by atoms with Crippen molar-refractivity contribution < 1.29 is 14.3 Å². The average Bonchev–Trinajstić information content (AvgIpc) is 2.72. The monoisotopic (exact) mass is 382 g/mol. The lowest BCUT2D eigenvalue weighted by molar-refractivity contribution is -0.120. The summed E-state index contributed by atoms with van der Waals surface area (Å²) >= 11 is 0. The maximum absolute atomic E-state index is 12.5. The van der Waals surface area contributed by atoms with Crippen LogP contribution >= 0.6 is 0 Å². The van der Waals surface area contributed by atoms with Crippen molar-refractivity contribution in [3.05, 3.63) is 36.7 Å². The van der Waals surface area contributed by atoms with Gasteiger partial charge in [-0.05, 0) is 37.1 Å². The number of anilines is 3. The van der Waals surface area contributed by atoms with Crippen LogP contribution in [0.15, 0.2) is 36.7 Å². The first kappa shape index (κ1) is 18.0. The molecule has 2 aromatic rings. The number of hydrogen-bond donors (Lipinski definition) is 2. The molecule has 2 aliphatic rings. The van der Waals surface area contributed by atoms with Crippen LogP contribution in [0.5, 0.6) is 5.75 Å². The molecule has 0 unspecified atom stereocenters. The number of nitrogens with one attached hydrogen (secondary N) is 2. The Morgan fingerprint density at radius 2 is 2.11 bits per heavy atom. The van der Waals surface area contributed by atoms with Gasteiger partial charge in [0.2, 0.25) is 5.95 Å². The van der Waals surface area contributed by atoms with Gasteiger partial charge in [0.25, 0.3) is 5.91 Å². The van der Waals surface area contributed by atoms with E-state index < -0.39 is 0 Å². The number of nitrogens with zero attached hydrogens (tertiary/aromatic N) is 4. The Bertz CT molecular complexity index is 875. The van der Waals surface area contributed by atoms with Gasteiger partial charge in [-0.15, -0.1) is 0 Å². The van der Waals surface area contributed by atoms with Crippen molar-refractivity contribution in [2.75, 3.05) is 41.9 Å². The molecule has 0 spiro atoms. The molecule has 0 bridgehead atoms. The zero-order valence-electron chi connectivity index (χ0n) is 15.6. The normalized spacial score (nSPS) is 18.9. The highest BCUT2D eigenvalue weighted by Gasteiger charge is 2.24. The van der Waals surface area contributed by atoms with Gasteiger partial charge in [0.05, 0.1) is 5.69 Å². The summed E-state index contributed by atoms with van der Waals surface area (Å²) in [6, 6.07) is 6.74. The molecule has 0 radical (unpaired) electrons. The number of rotatable bonds is 3. The summed E-state index contributed by atoms with van der Waals surface area (Å²) in [6.07, 6.45) is 5.28. The predicted molar refractivity (Wildman–Crippen MR) is 105 cm³/mol. The minimum Gasteiger partial charge on any atom is -0.482 e. The fourth-order valence-electron chi connectivity index (χ4n) is 3.43. The molecule has 9 heteroatoms. The van der Waals surface area contributed by atoms with Crippen LogP contribution in [-0.2, 0) is 4.79 Å². The summed E-state index contributed by atoms with van der Waals surface area (Å²) in [6.45, 7) is 1.56. The summed E-state index contributed by atoms with van der Waals surface area (Å²) in [7, 11) is 1.69. The highest BCUT2D eigenvalue weighted by molar-refractivity contribution is 5.99. The number of ether oxygens (including phenoxy) is 1. The minimum absolute atomic E-state index is 0.00256. The second-order valence-corrected chi connectivity index (χ2v) is 6.86. The minimum atomic E-state index is -0.286. The van der Waals surface area contributed by atoms with E-state index in [1.165, 1.54) is 4.90 Å². The molecule has 4 rings (SSSR count). The van der Waals surface area contributed by atoms with Gasteiger partial charge in [0.15, 0.2) is 6.61 Å². The average molecular weight is 382 g/mol. The van der Waals surface area contributed by atoms with Gasteiger partial charge in [0.1, 0.15) is 5.75 Å². The molecule has 0 aliphatic carbocycles. The number of amides is 3. The van der Waals surface area contributed by atoms with Crippen molar-refractivity contribution in [2.45, 2.75) is 18.9 Å². The number of carbonyl (C=O) groups excluding carboxylic acids is 2. The molecule has 9 nitrogen and oxygen atoms in total. The number of urea groups is 1. The predicted octanol–water partition coefficient (Wildman–Crippen LogP) is 1.62. The largest absolute Gasteiger partial charge is 0.482 e. The summed E-state index contributed by atoms with van der Waals surface area (Å²) in [5.74, 6) is 1.18. The summed E-state index contributed by atoms with van der Waals surface area (Å²) < 4.78 is 5.40. The first-order valence-corrected chi connectivity index (χ1v) is 9.23. The smallest absolute Gasteiger partial charge is 0.319 e. The first-order chi connectivity index (χ1) is 13.6. The maximum atomic E-state index is 12.5. The van der Waals surface area contributed by atoms with Crippen molar-refractivity contribution in [1.29, 1.82) is 0 Å². The summed E-state index contributed by atoms with van der Waals surface area (Å²) in [4.78, 5) is 36.4. The molecular formula is C19H22N6O3. The van der Waals surface area contributed by atoms with E-state index >= 15 is 0 Å². The van der Waals surface area contributed by atoms with Crippen molar-refractivity contribution in [1.82, 2.24) is 15.3 Å². The first-order valence-electron chi connectivity index (χ1n) is 9.23. The van der Waals surface area contributed by atoms with Crippen LogP contribution in [0.3, 0.4) is 0 Å². The third-order valence-corrected chi connectivity index (χ3v) is 4.90. The van der Waals surface area contributed by atoms with E-state index in [1.807, 2.05) is 0 Å². The highest BCUT2D eigenvalue weighted by Crippen LogP contribution is 2.33. The van der Waals surface area contributed by atoms with E-state index in [0.29, 0.717) is 29.6 Å². The van der Waals surface area contributed by atoms with E-state index in [9.17, 15) is 9.59 Å². The fraction of sp³-hybridized carbons (Fsp3) is 0.368. The topological polar surface area (TPSA) is 99.7 Å². The molecule has 0 saturated carbocycles. The van der Waals surface area contributed by atoms with Crippen LogP contribution in [0.1, 0.15) is 12.8 Å². The Morgan fingerprint density at radius 1 is 1.29 bits per heavy atom. The molecule has 2 aliphatic heterocycles. The van der Waals surface area contributed by atoms with Gasteiger partial charge >= 0.3 is 6.03 Å². The van der Waals surface area contributed by atoms with E-state index in [4.69, 9.17) is 4.74 Å². The van der Waals surface area contributed by atoms with Crippen molar-refractivity contribution in [2.24, 2.45) is 0 Å². The second-order valence-electron chi connectivity index (χ2n) is 6.86. The molecule has 3 amide bonds. The van der Waals surface area contributed by atoms with Crippen LogP contribution in [0, 0.1) is 0 Å². The van der Waals surface area contributed by atoms with Gasteiger partial charge in [-0.2, -0.15) is 0 Å². The molecule has 1 saturated heterocycles. The zero-order valence-corrected chi connectivity index (χ0v) is 15.6. The quantitative estimate of drug-likeness (QED) is 0.837. The number of likely N-dealkylation sites (N-methyl/N-ethyl adjacent to an activating group) is 1. The molecule has 1 fully saturated rings. The Kier molecular flexibility index (Phi) is 4.96. The van der Waals surface area contributed by atoms with Gasteiger partial charge in [0, 0.05) is 44.3 Å². The molecule has 1 aromatic heterocycles. The van der Waals surface area contributed by atoms with Gasteiger partial charge in [-0.3, -0.25) is 4.79 Å². The third-order valence-electron chi connectivity index (χ3n) is 4.90. The lowest BCUT2D eigenvalue weighted by atomic mass is 10.1. The van der Waals surface area contributed by atoms with Crippen molar-refractivity contribution in [3.63, 3.8) is 0 Å². The Labute approximate surface area is 162 Å². The van der Waals surface area contributed by atoms with Crippen LogP contribution in [0.4, 0.5) is 22.1 Å².